The highest BCUT2D eigenvalue weighted by atomic mass is 19.4. The number of alkyl halides is 3. The van der Waals surface area contributed by atoms with Crippen LogP contribution in [0.3, 0.4) is 0 Å². The summed E-state index contributed by atoms with van der Waals surface area (Å²) in [5, 5.41) is 5.11. The molecule has 9 heteroatoms. The van der Waals surface area contributed by atoms with Gasteiger partial charge in [0.05, 0.1) is 18.8 Å². The van der Waals surface area contributed by atoms with Crippen molar-refractivity contribution >= 4 is 29.3 Å². The molecule has 0 saturated carbocycles. The highest BCUT2D eigenvalue weighted by molar-refractivity contribution is 6.28. The Morgan fingerprint density at radius 2 is 1.19 bits per heavy atom. The van der Waals surface area contributed by atoms with Crippen LogP contribution in [0.5, 0.6) is 11.5 Å². The van der Waals surface area contributed by atoms with Crippen molar-refractivity contribution in [2.24, 2.45) is 0 Å². The molecule has 0 saturated heterocycles. The van der Waals surface area contributed by atoms with Crippen LogP contribution in [0.25, 0.3) is 6.08 Å². The average molecular weight is 499 g/mol. The molecule has 0 heterocycles. The van der Waals surface area contributed by atoms with E-state index in [-0.39, 0.29) is 5.56 Å². The van der Waals surface area contributed by atoms with Crippen LogP contribution in [0.2, 0.25) is 0 Å². The molecule has 0 aliphatic heterocycles. The van der Waals surface area contributed by atoms with Gasteiger partial charge in [0, 0.05) is 11.4 Å². The predicted molar refractivity (Wildman–Crippen MR) is 132 cm³/mol. The first kappa shape index (κ1) is 26.3. The molecular formula is C27H25F3N2O4. The molecule has 0 atom stereocenters. The van der Waals surface area contributed by atoms with Crippen LogP contribution in [-0.2, 0) is 15.8 Å². The van der Waals surface area contributed by atoms with Crippen molar-refractivity contribution in [2.75, 3.05) is 23.8 Å². The van der Waals surface area contributed by atoms with Gasteiger partial charge in [-0.2, -0.15) is 13.2 Å². The lowest BCUT2D eigenvalue weighted by molar-refractivity contribution is -0.137. The van der Waals surface area contributed by atoms with Crippen LogP contribution in [0.15, 0.2) is 78.4 Å². The third kappa shape index (κ3) is 7.11. The van der Waals surface area contributed by atoms with E-state index in [1.807, 2.05) is 13.8 Å². The number of ether oxygens (including phenoxy) is 2. The van der Waals surface area contributed by atoms with Crippen LogP contribution >= 0.6 is 0 Å². The van der Waals surface area contributed by atoms with Crippen LogP contribution < -0.4 is 20.1 Å². The Hall–Kier alpha value is -4.27. The molecule has 0 spiro atoms. The highest BCUT2D eigenvalue weighted by Gasteiger charge is 2.33. The maximum Gasteiger partial charge on any atom is 0.416 e. The first-order chi connectivity index (χ1) is 17.2. The summed E-state index contributed by atoms with van der Waals surface area (Å²) in [6.45, 7) is 4.58. The van der Waals surface area contributed by atoms with Gasteiger partial charge >= 0.3 is 6.18 Å². The van der Waals surface area contributed by atoms with E-state index in [2.05, 4.69) is 10.6 Å². The second kappa shape index (κ2) is 11.9. The molecule has 2 N–H and O–H groups in total. The van der Waals surface area contributed by atoms with Gasteiger partial charge in [-0.15, -0.1) is 0 Å². The van der Waals surface area contributed by atoms with Crippen molar-refractivity contribution in [3.63, 3.8) is 0 Å². The molecule has 3 aromatic carbocycles. The minimum Gasteiger partial charge on any atom is -0.494 e. The first-order valence-corrected chi connectivity index (χ1v) is 11.2. The van der Waals surface area contributed by atoms with Gasteiger partial charge in [-0.05, 0) is 80.1 Å². The van der Waals surface area contributed by atoms with Gasteiger partial charge in [-0.1, -0.05) is 18.2 Å². The number of hydrogen-bond donors (Lipinski definition) is 2. The van der Waals surface area contributed by atoms with Crippen molar-refractivity contribution in [3.05, 3.63) is 89.5 Å². The molecule has 188 valence electrons. The predicted octanol–water partition coefficient (Wildman–Crippen LogP) is 6.16. The fraction of sp³-hybridized carbons (Fsp3) is 0.185. The fourth-order valence-electron chi connectivity index (χ4n) is 3.27. The summed E-state index contributed by atoms with van der Waals surface area (Å²) in [5.41, 5.74) is -1.11. The molecule has 2 amide bonds. The lowest BCUT2D eigenvalue weighted by Crippen LogP contribution is -2.25. The van der Waals surface area contributed by atoms with Crippen molar-refractivity contribution in [1.82, 2.24) is 0 Å². The lowest BCUT2D eigenvalue weighted by Gasteiger charge is -2.14. The van der Waals surface area contributed by atoms with E-state index in [0.29, 0.717) is 36.1 Å². The van der Waals surface area contributed by atoms with Crippen molar-refractivity contribution in [3.8, 4) is 11.5 Å². The van der Waals surface area contributed by atoms with E-state index in [0.717, 1.165) is 12.1 Å². The number of benzene rings is 3. The van der Waals surface area contributed by atoms with Crippen LogP contribution in [-0.4, -0.2) is 25.0 Å². The van der Waals surface area contributed by atoms with Crippen LogP contribution in [0, 0.1) is 0 Å². The number of anilines is 2. The molecular weight excluding hydrogens is 473 g/mol. The molecule has 0 bridgehead atoms. The monoisotopic (exact) mass is 498 g/mol. The summed E-state index contributed by atoms with van der Waals surface area (Å²) in [7, 11) is 0. The molecule has 0 radical (unpaired) electrons. The zero-order chi connectivity index (χ0) is 26.1. The Balaban J connectivity index is 1.93. The fourth-order valence-corrected chi connectivity index (χ4v) is 3.27. The highest BCUT2D eigenvalue weighted by Crippen LogP contribution is 2.33. The number of hydrogen-bond acceptors (Lipinski definition) is 4. The summed E-state index contributed by atoms with van der Waals surface area (Å²) in [4.78, 5) is 26.2. The number of carbonyl (C=O) groups excluding carboxylic acids is 2. The molecule has 0 unspecified atom stereocenters. The Morgan fingerprint density at radius 1 is 0.750 bits per heavy atom. The van der Waals surface area contributed by atoms with Gasteiger partial charge in [-0.3, -0.25) is 9.59 Å². The maximum atomic E-state index is 13.5. The minimum absolute atomic E-state index is 0.316. The Labute approximate surface area is 206 Å². The van der Waals surface area contributed by atoms with Gasteiger partial charge < -0.3 is 20.1 Å². The van der Waals surface area contributed by atoms with Gasteiger partial charge in [0.1, 0.15) is 17.1 Å². The number of halogens is 3. The van der Waals surface area contributed by atoms with Crippen molar-refractivity contribution in [2.45, 2.75) is 20.0 Å². The number of carbonyl (C=O) groups is 2. The number of rotatable bonds is 9. The molecule has 3 aromatic rings. The topological polar surface area (TPSA) is 76.7 Å². The second-order valence-corrected chi connectivity index (χ2v) is 7.47. The zero-order valence-electron chi connectivity index (χ0n) is 19.7. The standard InChI is InChI=1S/C27H25F3N2O4/c1-3-35-21-13-9-19(10-14-21)31-25(33)23(17-18-7-5-6-8-24(18)27(28,29)30)26(34)32-20-11-15-22(16-12-20)36-4-2/h5-17H,3-4H2,1-2H3,(H,31,33)(H,32,34). The summed E-state index contributed by atoms with van der Waals surface area (Å²) in [5.74, 6) is -0.587. The van der Waals surface area contributed by atoms with Gasteiger partial charge in [0.2, 0.25) is 0 Å². The van der Waals surface area contributed by atoms with E-state index in [1.165, 1.54) is 18.2 Å². The van der Waals surface area contributed by atoms with Gasteiger partial charge in [-0.25, -0.2) is 0 Å². The smallest absolute Gasteiger partial charge is 0.416 e. The zero-order valence-corrected chi connectivity index (χ0v) is 19.7. The summed E-state index contributed by atoms with van der Waals surface area (Å²) >= 11 is 0. The summed E-state index contributed by atoms with van der Waals surface area (Å²) in [6.07, 6.45) is -3.74. The lowest BCUT2D eigenvalue weighted by atomic mass is 10.0. The third-order valence-electron chi connectivity index (χ3n) is 4.90. The van der Waals surface area contributed by atoms with E-state index in [4.69, 9.17) is 9.47 Å². The van der Waals surface area contributed by atoms with E-state index < -0.39 is 29.1 Å². The quantitative estimate of drug-likeness (QED) is 0.210. The van der Waals surface area contributed by atoms with Gasteiger partial charge in [0.15, 0.2) is 0 Å². The summed E-state index contributed by atoms with van der Waals surface area (Å²) < 4.78 is 51.3. The van der Waals surface area contributed by atoms with Crippen LogP contribution in [0.1, 0.15) is 25.0 Å². The first-order valence-electron chi connectivity index (χ1n) is 11.2. The Morgan fingerprint density at radius 3 is 1.61 bits per heavy atom. The molecule has 0 aliphatic carbocycles. The van der Waals surface area contributed by atoms with E-state index in [1.54, 1.807) is 48.5 Å². The van der Waals surface area contributed by atoms with E-state index >= 15 is 0 Å². The maximum absolute atomic E-state index is 13.5. The van der Waals surface area contributed by atoms with Crippen molar-refractivity contribution < 1.29 is 32.2 Å². The Bertz CT molecular complexity index is 1160. The normalized spacial score (nSPS) is 10.8. The molecule has 3 rings (SSSR count). The van der Waals surface area contributed by atoms with Gasteiger partial charge in [0.25, 0.3) is 11.8 Å². The van der Waals surface area contributed by atoms with Crippen LogP contribution in [0.4, 0.5) is 24.5 Å². The Kier molecular flexibility index (Phi) is 8.72. The molecule has 0 fully saturated rings. The molecule has 0 aliphatic rings. The number of nitrogens with one attached hydrogen (secondary N) is 2. The average Bonchev–Trinajstić information content (AvgIpc) is 2.85. The largest absolute Gasteiger partial charge is 0.494 e. The molecule has 6 nitrogen and oxygen atoms in total. The molecule has 36 heavy (non-hydrogen) atoms. The van der Waals surface area contributed by atoms with E-state index in [9.17, 15) is 22.8 Å². The third-order valence-corrected chi connectivity index (χ3v) is 4.90. The minimum atomic E-state index is -4.67. The molecule has 0 aromatic heterocycles. The summed E-state index contributed by atoms with van der Waals surface area (Å²) in [6, 6.07) is 17.5. The SMILES string of the molecule is CCOc1ccc(NC(=O)C(=Cc2ccccc2C(F)(F)F)C(=O)Nc2ccc(OCC)cc2)cc1. The number of amides is 2. The second-order valence-electron chi connectivity index (χ2n) is 7.47. The van der Waals surface area contributed by atoms with Crippen molar-refractivity contribution in [1.29, 1.82) is 0 Å².